The summed E-state index contributed by atoms with van der Waals surface area (Å²) in [5, 5.41) is 0.420. The number of primary amides is 1. The van der Waals surface area contributed by atoms with Crippen molar-refractivity contribution in [3.63, 3.8) is 0 Å². The highest BCUT2D eigenvalue weighted by molar-refractivity contribution is 7.99. The molecule has 0 atom stereocenters. The van der Waals surface area contributed by atoms with Crippen molar-refractivity contribution in [2.75, 3.05) is 5.75 Å². The van der Waals surface area contributed by atoms with Gasteiger partial charge in [-0.05, 0) is 12.5 Å². The van der Waals surface area contributed by atoms with E-state index in [0.29, 0.717) is 22.8 Å². The Labute approximate surface area is 120 Å². The Balaban J connectivity index is 2.23. The quantitative estimate of drug-likeness (QED) is 0.640. The minimum Gasteiger partial charge on any atom is -0.369 e. The zero-order valence-corrected chi connectivity index (χ0v) is 11.9. The fourth-order valence-electron chi connectivity index (χ4n) is 1.80. The maximum absolute atomic E-state index is 12.1. The fourth-order valence-corrected chi connectivity index (χ4v) is 2.45. The third-order valence-corrected chi connectivity index (χ3v) is 3.67. The molecule has 0 aliphatic heterocycles. The Morgan fingerprint density at radius 2 is 2.05 bits per heavy atom. The highest BCUT2D eigenvalue weighted by Gasteiger charge is 2.10. The van der Waals surface area contributed by atoms with E-state index in [2.05, 4.69) is 9.97 Å². The Hall–Kier alpha value is -2.08. The maximum Gasteiger partial charge on any atom is 0.255 e. The number of aryl methyl sites for hydroxylation is 1. The molecule has 2 rings (SSSR count). The monoisotopic (exact) mass is 289 g/mol. The van der Waals surface area contributed by atoms with Crippen molar-refractivity contribution in [2.45, 2.75) is 18.5 Å². The van der Waals surface area contributed by atoms with Crippen LogP contribution >= 0.6 is 11.8 Å². The predicted octanol–water partition coefficient (Wildman–Crippen LogP) is 1.25. The van der Waals surface area contributed by atoms with Gasteiger partial charge in [0, 0.05) is 17.7 Å². The van der Waals surface area contributed by atoms with E-state index in [4.69, 9.17) is 5.73 Å². The molecule has 3 N–H and O–H groups in total. The summed E-state index contributed by atoms with van der Waals surface area (Å²) in [6.45, 7) is 1.79. The second-order valence-corrected chi connectivity index (χ2v) is 5.32. The van der Waals surface area contributed by atoms with Gasteiger partial charge >= 0.3 is 0 Å². The summed E-state index contributed by atoms with van der Waals surface area (Å²) < 4.78 is 0. The summed E-state index contributed by atoms with van der Waals surface area (Å²) in [5.41, 5.74) is 7.26. The number of hydrogen-bond donors (Lipinski definition) is 2. The molecule has 0 aliphatic rings. The average Bonchev–Trinajstić information content (AvgIpc) is 2.42. The van der Waals surface area contributed by atoms with Crippen LogP contribution in [0.3, 0.4) is 0 Å². The van der Waals surface area contributed by atoms with E-state index in [1.54, 1.807) is 6.92 Å². The molecule has 20 heavy (non-hydrogen) atoms. The molecule has 1 heterocycles. The zero-order valence-electron chi connectivity index (χ0n) is 11.1. The number of rotatable bonds is 5. The lowest BCUT2D eigenvalue weighted by molar-refractivity contribution is -0.115. The van der Waals surface area contributed by atoms with E-state index < -0.39 is 5.91 Å². The first kappa shape index (κ1) is 14.3. The second-order valence-electron chi connectivity index (χ2n) is 4.35. The third kappa shape index (κ3) is 3.71. The molecule has 1 aromatic heterocycles. The van der Waals surface area contributed by atoms with Crippen LogP contribution in [-0.4, -0.2) is 21.6 Å². The molecule has 0 saturated heterocycles. The molecule has 0 saturated carbocycles. The van der Waals surface area contributed by atoms with Crippen LogP contribution in [0.2, 0.25) is 0 Å². The van der Waals surface area contributed by atoms with Gasteiger partial charge in [0.2, 0.25) is 5.91 Å². The van der Waals surface area contributed by atoms with Gasteiger partial charge < -0.3 is 10.7 Å². The number of nitrogens with zero attached hydrogens (tertiary/aromatic N) is 1. The van der Waals surface area contributed by atoms with Gasteiger partial charge in [0.25, 0.3) is 5.56 Å². The normalized spacial score (nSPS) is 10.4. The maximum atomic E-state index is 12.1. The average molecular weight is 289 g/mol. The lowest BCUT2D eigenvalue weighted by Crippen LogP contribution is -2.19. The number of carbonyl (C=O) groups is 1. The van der Waals surface area contributed by atoms with Gasteiger partial charge in [-0.3, -0.25) is 9.59 Å². The van der Waals surface area contributed by atoms with E-state index in [-0.39, 0.29) is 11.3 Å². The van der Waals surface area contributed by atoms with Crippen LogP contribution in [0.5, 0.6) is 0 Å². The van der Waals surface area contributed by atoms with Crippen molar-refractivity contribution in [3.8, 4) is 0 Å². The number of aromatic nitrogens is 2. The van der Waals surface area contributed by atoms with Crippen LogP contribution in [0.25, 0.3) is 0 Å². The topological polar surface area (TPSA) is 88.8 Å². The van der Waals surface area contributed by atoms with E-state index in [1.807, 2.05) is 30.3 Å². The van der Waals surface area contributed by atoms with Crippen molar-refractivity contribution in [1.82, 2.24) is 9.97 Å². The lowest BCUT2D eigenvalue weighted by atomic mass is 10.1. The molecule has 5 nitrogen and oxygen atoms in total. The van der Waals surface area contributed by atoms with Crippen molar-refractivity contribution in [3.05, 3.63) is 57.5 Å². The van der Waals surface area contributed by atoms with Crippen LogP contribution in [0.1, 0.15) is 16.8 Å². The Kier molecular flexibility index (Phi) is 4.57. The Bertz CT molecular complexity index is 668. The van der Waals surface area contributed by atoms with E-state index in [9.17, 15) is 9.59 Å². The number of thioether (sulfide) groups is 1. The predicted molar refractivity (Wildman–Crippen MR) is 78.8 cm³/mol. The number of amides is 1. The number of nitrogens with two attached hydrogens (primary N) is 1. The molecule has 0 aliphatic carbocycles. The highest BCUT2D eigenvalue weighted by atomic mass is 32.2. The molecular formula is C14H15N3O2S. The Morgan fingerprint density at radius 3 is 2.65 bits per heavy atom. The number of hydrogen-bond acceptors (Lipinski definition) is 4. The third-order valence-electron chi connectivity index (χ3n) is 2.78. The van der Waals surface area contributed by atoms with Gasteiger partial charge in [0.1, 0.15) is 0 Å². The first-order chi connectivity index (χ1) is 9.56. The standard InChI is InChI=1S/C14H15N3O2S/c1-9-11(7-10-5-3-2-4-6-10)13(19)17-14(16-9)20-8-12(15)18/h2-6H,7-8H2,1H3,(H2,15,18)(H,16,17,19). The lowest BCUT2D eigenvalue weighted by Gasteiger charge is -2.06. The number of carbonyl (C=O) groups excluding carboxylic acids is 1. The van der Waals surface area contributed by atoms with E-state index >= 15 is 0 Å². The van der Waals surface area contributed by atoms with Crippen LogP contribution in [0.15, 0.2) is 40.3 Å². The Morgan fingerprint density at radius 1 is 1.35 bits per heavy atom. The number of nitrogens with one attached hydrogen (secondary N) is 1. The molecule has 2 aromatic rings. The first-order valence-corrected chi connectivity index (χ1v) is 7.09. The molecule has 0 radical (unpaired) electrons. The molecule has 0 spiro atoms. The van der Waals surface area contributed by atoms with Crippen molar-refractivity contribution < 1.29 is 4.79 Å². The summed E-state index contributed by atoms with van der Waals surface area (Å²) in [6.07, 6.45) is 0.537. The number of H-pyrrole nitrogens is 1. The molecule has 0 bridgehead atoms. The molecule has 104 valence electrons. The summed E-state index contributed by atoms with van der Waals surface area (Å²) in [7, 11) is 0. The molecule has 0 fully saturated rings. The van der Waals surface area contributed by atoms with Gasteiger partial charge in [-0.25, -0.2) is 4.98 Å². The van der Waals surface area contributed by atoms with Crippen LogP contribution in [-0.2, 0) is 11.2 Å². The van der Waals surface area contributed by atoms with Gasteiger partial charge in [0.15, 0.2) is 5.16 Å². The van der Waals surface area contributed by atoms with Crippen molar-refractivity contribution in [1.29, 1.82) is 0 Å². The summed E-state index contributed by atoms with van der Waals surface area (Å²) in [6, 6.07) is 9.73. The van der Waals surface area contributed by atoms with Crippen molar-refractivity contribution >= 4 is 17.7 Å². The molecule has 1 aromatic carbocycles. The zero-order chi connectivity index (χ0) is 14.5. The number of aromatic amines is 1. The smallest absolute Gasteiger partial charge is 0.255 e. The van der Waals surface area contributed by atoms with Gasteiger partial charge in [0.05, 0.1) is 5.75 Å². The molecule has 0 unspecified atom stereocenters. The second kappa shape index (κ2) is 6.38. The molecular weight excluding hydrogens is 274 g/mol. The highest BCUT2D eigenvalue weighted by Crippen LogP contribution is 2.14. The summed E-state index contributed by atoms with van der Waals surface area (Å²) >= 11 is 1.13. The molecule has 6 heteroatoms. The van der Waals surface area contributed by atoms with Crippen LogP contribution < -0.4 is 11.3 Å². The van der Waals surface area contributed by atoms with Gasteiger partial charge in [-0.1, -0.05) is 42.1 Å². The van der Waals surface area contributed by atoms with Crippen LogP contribution in [0, 0.1) is 6.92 Å². The van der Waals surface area contributed by atoms with Gasteiger partial charge in [-0.15, -0.1) is 0 Å². The van der Waals surface area contributed by atoms with Gasteiger partial charge in [-0.2, -0.15) is 0 Å². The minimum atomic E-state index is -0.441. The first-order valence-electron chi connectivity index (χ1n) is 6.11. The van der Waals surface area contributed by atoms with Crippen LogP contribution in [0.4, 0.5) is 0 Å². The number of benzene rings is 1. The molecule has 1 amide bonds. The SMILES string of the molecule is Cc1nc(SCC(N)=O)[nH]c(=O)c1Cc1ccccc1. The van der Waals surface area contributed by atoms with E-state index in [0.717, 1.165) is 17.3 Å². The summed E-state index contributed by atoms with van der Waals surface area (Å²) in [4.78, 5) is 29.8. The largest absolute Gasteiger partial charge is 0.369 e. The fraction of sp³-hybridized carbons (Fsp3) is 0.214. The minimum absolute atomic E-state index is 0.0976. The summed E-state index contributed by atoms with van der Waals surface area (Å²) in [5.74, 6) is -0.343. The van der Waals surface area contributed by atoms with E-state index in [1.165, 1.54) is 0 Å². The van der Waals surface area contributed by atoms with Crippen molar-refractivity contribution in [2.24, 2.45) is 5.73 Å².